The fourth-order valence-electron chi connectivity index (χ4n) is 2.89. The lowest BCUT2D eigenvalue weighted by atomic mass is 10.3. The first kappa shape index (κ1) is 21.4. The number of anilines is 1. The Bertz CT molecular complexity index is 738. The smallest absolute Gasteiger partial charge is 0.239 e. The van der Waals surface area contributed by atoms with Crippen LogP contribution in [0.2, 0.25) is 0 Å². The highest BCUT2D eigenvalue weighted by Gasteiger charge is 2.26. The van der Waals surface area contributed by atoms with Crippen LogP contribution < -0.4 is 5.32 Å². The van der Waals surface area contributed by atoms with Crippen molar-refractivity contribution in [3.63, 3.8) is 0 Å². The van der Waals surface area contributed by atoms with E-state index in [4.69, 9.17) is 4.52 Å². The summed E-state index contributed by atoms with van der Waals surface area (Å²) in [5, 5.41) is 6.36. The molecule has 1 aliphatic rings. The third-order valence-corrected chi connectivity index (χ3v) is 5.99. The average Bonchev–Trinajstić information content (AvgIpc) is 2.99. The Labute approximate surface area is 160 Å². The van der Waals surface area contributed by atoms with Gasteiger partial charge in [-0.05, 0) is 13.3 Å². The van der Waals surface area contributed by atoms with E-state index >= 15 is 0 Å². The van der Waals surface area contributed by atoms with Gasteiger partial charge in [-0.2, -0.15) is 0 Å². The number of sulfone groups is 1. The largest absolute Gasteiger partial charge is 0.360 e. The Hall–Kier alpha value is -1.94. The van der Waals surface area contributed by atoms with Crippen molar-refractivity contribution in [1.82, 2.24) is 15.0 Å². The van der Waals surface area contributed by atoms with Gasteiger partial charge in [-0.15, -0.1) is 0 Å². The van der Waals surface area contributed by atoms with E-state index in [1.807, 2.05) is 11.8 Å². The number of unbranched alkanes of at least 4 members (excludes halogenated alkanes) is 2. The van der Waals surface area contributed by atoms with Gasteiger partial charge in [0, 0.05) is 32.2 Å². The zero-order chi connectivity index (χ0) is 19.9. The van der Waals surface area contributed by atoms with Crippen LogP contribution in [0.25, 0.3) is 0 Å². The SMILES string of the molecule is CCCCCS(=O)(=O)CC(=O)N1CCN(CC(=O)Nc2cc(C)on2)CC1. The molecule has 0 atom stereocenters. The minimum absolute atomic E-state index is 0.0637. The predicted molar refractivity (Wildman–Crippen MR) is 101 cm³/mol. The van der Waals surface area contributed by atoms with Gasteiger partial charge in [0.15, 0.2) is 15.7 Å². The van der Waals surface area contributed by atoms with Crippen molar-refractivity contribution in [2.45, 2.75) is 33.1 Å². The first-order valence-electron chi connectivity index (χ1n) is 9.23. The quantitative estimate of drug-likeness (QED) is 0.606. The van der Waals surface area contributed by atoms with E-state index in [-0.39, 0.29) is 24.1 Å². The predicted octanol–water partition coefficient (Wildman–Crippen LogP) is 0.671. The topological polar surface area (TPSA) is 113 Å². The maximum atomic E-state index is 12.2. The molecule has 9 nitrogen and oxygen atoms in total. The Morgan fingerprint density at radius 2 is 1.93 bits per heavy atom. The van der Waals surface area contributed by atoms with Gasteiger partial charge in [-0.25, -0.2) is 8.42 Å². The molecule has 1 saturated heterocycles. The molecular formula is C17H28N4O5S. The number of aromatic nitrogens is 1. The van der Waals surface area contributed by atoms with Crippen LogP contribution in [-0.2, 0) is 19.4 Å². The molecule has 0 aliphatic carbocycles. The summed E-state index contributed by atoms with van der Waals surface area (Å²) in [4.78, 5) is 27.8. The number of hydrogen-bond acceptors (Lipinski definition) is 7. The lowest BCUT2D eigenvalue weighted by molar-refractivity contribution is -0.130. The van der Waals surface area contributed by atoms with Gasteiger partial charge in [0.05, 0.1) is 12.3 Å². The summed E-state index contributed by atoms with van der Waals surface area (Å²) in [5.74, 6) is 0.0636. The van der Waals surface area contributed by atoms with E-state index in [2.05, 4.69) is 10.5 Å². The normalized spacial score (nSPS) is 15.7. The molecule has 0 radical (unpaired) electrons. The molecule has 1 aromatic heterocycles. The molecule has 27 heavy (non-hydrogen) atoms. The zero-order valence-electron chi connectivity index (χ0n) is 15.9. The molecule has 1 N–H and O–H groups in total. The Morgan fingerprint density at radius 1 is 1.22 bits per heavy atom. The van der Waals surface area contributed by atoms with Crippen LogP contribution >= 0.6 is 0 Å². The van der Waals surface area contributed by atoms with Gasteiger partial charge >= 0.3 is 0 Å². The fraction of sp³-hybridized carbons (Fsp3) is 0.706. The number of nitrogens with one attached hydrogen (secondary N) is 1. The molecule has 0 spiro atoms. The number of rotatable bonds is 9. The van der Waals surface area contributed by atoms with Crippen molar-refractivity contribution >= 4 is 27.5 Å². The number of carbonyl (C=O) groups excluding carboxylic acids is 2. The van der Waals surface area contributed by atoms with E-state index < -0.39 is 15.6 Å². The number of carbonyl (C=O) groups is 2. The summed E-state index contributed by atoms with van der Waals surface area (Å²) in [6.45, 7) is 5.80. The van der Waals surface area contributed by atoms with Crippen molar-refractivity contribution in [2.75, 3.05) is 49.5 Å². The number of nitrogens with zero attached hydrogens (tertiary/aromatic N) is 3. The van der Waals surface area contributed by atoms with Crippen LogP contribution in [0.1, 0.15) is 31.9 Å². The number of hydrogen-bond donors (Lipinski definition) is 1. The van der Waals surface area contributed by atoms with Crippen LogP contribution in [0.15, 0.2) is 10.6 Å². The summed E-state index contributed by atoms with van der Waals surface area (Å²) in [5.41, 5.74) is 0. The summed E-state index contributed by atoms with van der Waals surface area (Å²) in [7, 11) is -3.35. The summed E-state index contributed by atoms with van der Waals surface area (Å²) in [6.07, 6.45) is 2.39. The maximum absolute atomic E-state index is 12.2. The lowest BCUT2D eigenvalue weighted by Crippen LogP contribution is -2.51. The molecule has 0 aromatic carbocycles. The second-order valence-electron chi connectivity index (χ2n) is 6.83. The molecule has 1 fully saturated rings. The molecule has 0 saturated carbocycles. The van der Waals surface area contributed by atoms with Gasteiger partial charge in [0.1, 0.15) is 11.5 Å². The minimum atomic E-state index is -3.35. The molecule has 152 valence electrons. The number of aryl methyl sites for hydroxylation is 1. The van der Waals surface area contributed by atoms with Gasteiger partial charge in [0.2, 0.25) is 11.8 Å². The van der Waals surface area contributed by atoms with E-state index in [0.29, 0.717) is 44.2 Å². The Kier molecular flexibility index (Phi) is 7.78. The van der Waals surface area contributed by atoms with Crippen molar-refractivity contribution in [1.29, 1.82) is 0 Å². The van der Waals surface area contributed by atoms with Crippen molar-refractivity contribution in [3.05, 3.63) is 11.8 Å². The van der Waals surface area contributed by atoms with Crippen LogP contribution in [0.5, 0.6) is 0 Å². The molecule has 10 heteroatoms. The van der Waals surface area contributed by atoms with Crippen molar-refractivity contribution in [2.24, 2.45) is 0 Å². The first-order chi connectivity index (χ1) is 12.8. The molecule has 0 unspecified atom stereocenters. The molecular weight excluding hydrogens is 372 g/mol. The van der Waals surface area contributed by atoms with Gasteiger partial charge in [-0.1, -0.05) is 24.9 Å². The van der Waals surface area contributed by atoms with Gasteiger partial charge in [-0.3, -0.25) is 14.5 Å². The van der Waals surface area contributed by atoms with E-state index in [1.54, 1.807) is 17.9 Å². The molecule has 2 amide bonds. The summed E-state index contributed by atoms with van der Waals surface area (Å²) < 4.78 is 28.9. The Balaban J connectivity index is 1.72. The molecule has 1 aromatic rings. The second kappa shape index (κ2) is 9.84. The maximum Gasteiger partial charge on any atom is 0.239 e. The second-order valence-corrected chi connectivity index (χ2v) is 9.01. The number of piperazine rings is 1. The van der Waals surface area contributed by atoms with E-state index in [1.165, 1.54) is 0 Å². The van der Waals surface area contributed by atoms with Crippen molar-refractivity contribution < 1.29 is 22.5 Å². The van der Waals surface area contributed by atoms with Crippen LogP contribution in [0, 0.1) is 6.92 Å². The Morgan fingerprint density at radius 3 is 2.52 bits per heavy atom. The minimum Gasteiger partial charge on any atom is -0.360 e. The van der Waals surface area contributed by atoms with Crippen LogP contribution in [0.3, 0.4) is 0 Å². The average molecular weight is 401 g/mol. The molecule has 0 bridgehead atoms. The zero-order valence-corrected chi connectivity index (χ0v) is 16.8. The fourth-order valence-corrected chi connectivity index (χ4v) is 4.24. The lowest BCUT2D eigenvalue weighted by Gasteiger charge is -2.34. The van der Waals surface area contributed by atoms with E-state index in [0.717, 1.165) is 12.8 Å². The van der Waals surface area contributed by atoms with E-state index in [9.17, 15) is 18.0 Å². The first-order valence-corrected chi connectivity index (χ1v) is 11.0. The molecule has 1 aliphatic heterocycles. The third-order valence-electron chi connectivity index (χ3n) is 4.39. The summed E-state index contributed by atoms with van der Waals surface area (Å²) >= 11 is 0. The van der Waals surface area contributed by atoms with Crippen molar-refractivity contribution in [3.8, 4) is 0 Å². The third kappa shape index (κ3) is 7.30. The van der Waals surface area contributed by atoms with Crippen LogP contribution in [0.4, 0.5) is 5.82 Å². The highest BCUT2D eigenvalue weighted by Crippen LogP contribution is 2.09. The number of amides is 2. The monoisotopic (exact) mass is 400 g/mol. The van der Waals surface area contributed by atoms with Crippen LogP contribution in [-0.4, -0.2) is 79.4 Å². The molecule has 2 heterocycles. The highest BCUT2D eigenvalue weighted by atomic mass is 32.2. The molecule has 2 rings (SSSR count). The van der Waals surface area contributed by atoms with Gasteiger partial charge < -0.3 is 14.7 Å². The van der Waals surface area contributed by atoms with Gasteiger partial charge in [0.25, 0.3) is 0 Å². The summed E-state index contributed by atoms with van der Waals surface area (Å²) in [6, 6.07) is 1.63. The standard InChI is InChI=1S/C17H28N4O5S/c1-3-4-5-10-27(24,25)13-17(23)21-8-6-20(7-9-21)12-16(22)18-15-11-14(2)26-19-15/h11H,3-10,12-13H2,1-2H3,(H,18,19,22). The highest BCUT2D eigenvalue weighted by molar-refractivity contribution is 7.92.